The highest BCUT2D eigenvalue weighted by Crippen LogP contribution is 2.19. The maximum absolute atomic E-state index is 11.5. The number of ether oxygens (including phenoxy) is 1. The van der Waals surface area contributed by atoms with Gasteiger partial charge in [0.25, 0.3) is 0 Å². The summed E-state index contributed by atoms with van der Waals surface area (Å²) in [5.41, 5.74) is 6.34. The standard InChI is InChI=1S/C15H23N3O3/c1-12(19)17-9-5-10-18-15(20)8-4-11-21-14-7-3-2-6-13(14)16/h2-3,6-7H,4-5,8-11,16H2,1H3,(H,17,19)(H,18,20). The van der Waals surface area contributed by atoms with Gasteiger partial charge in [-0.2, -0.15) is 0 Å². The third-order valence-corrected chi connectivity index (χ3v) is 2.77. The van der Waals surface area contributed by atoms with E-state index in [0.717, 1.165) is 6.42 Å². The predicted molar refractivity (Wildman–Crippen MR) is 81.9 cm³/mol. The molecule has 21 heavy (non-hydrogen) atoms. The van der Waals surface area contributed by atoms with Crippen molar-refractivity contribution in [3.8, 4) is 5.75 Å². The summed E-state index contributed by atoms with van der Waals surface area (Å²) >= 11 is 0. The van der Waals surface area contributed by atoms with Crippen molar-refractivity contribution < 1.29 is 14.3 Å². The van der Waals surface area contributed by atoms with Crippen LogP contribution in [0.3, 0.4) is 0 Å². The summed E-state index contributed by atoms with van der Waals surface area (Å²) in [6, 6.07) is 7.28. The molecule has 0 fully saturated rings. The highest BCUT2D eigenvalue weighted by atomic mass is 16.5. The first-order chi connectivity index (χ1) is 10.1. The molecule has 0 bridgehead atoms. The smallest absolute Gasteiger partial charge is 0.220 e. The molecule has 6 heteroatoms. The fraction of sp³-hybridized carbons (Fsp3) is 0.467. The van der Waals surface area contributed by atoms with Gasteiger partial charge in [-0.1, -0.05) is 12.1 Å². The van der Waals surface area contributed by atoms with E-state index in [-0.39, 0.29) is 11.8 Å². The SMILES string of the molecule is CC(=O)NCCCNC(=O)CCCOc1ccccc1N. The molecule has 116 valence electrons. The van der Waals surface area contributed by atoms with Gasteiger partial charge in [-0.05, 0) is 25.0 Å². The lowest BCUT2D eigenvalue weighted by atomic mass is 10.3. The van der Waals surface area contributed by atoms with Gasteiger partial charge in [0.15, 0.2) is 0 Å². The maximum atomic E-state index is 11.5. The molecule has 0 aliphatic rings. The first-order valence-electron chi connectivity index (χ1n) is 7.08. The molecule has 1 rings (SSSR count). The van der Waals surface area contributed by atoms with Crippen LogP contribution < -0.4 is 21.1 Å². The fourth-order valence-electron chi connectivity index (χ4n) is 1.70. The highest BCUT2D eigenvalue weighted by molar-refractivity contribution is 5.75. The van der Waals surface area contributed by atoms with Crippen LogP contribution in [0.4, 0.5) is 5.69 Å². The molecule has 0 heterocycles. The molecule has 0 radical (unpaired) electrons. The molecule has 0 aliphatic heterocycles. The normalized spacial score (nSPS) is 9.95. The Hall–Kier alpha value is -2.24. The van der Waals surface area contributed by atoms with Crippen LogP contribution in [0.1, 0.15) is 26.2 Å². The van der Waals surface area contributed by atoms with Crippen molar-refractivity contribution >= 4 is 17.5 Å². The molecule has 0 saturated heterocycles. The van der Waals surface area contributed by atoms with Crippen molar-refractivity contribution in [2.45, 2.75) is 26.2 Å². The number of carbonyl (C=O) groups excluding carboxylic acids is 2. The van der Waals surface area contributed by atoms with Crippen LogP contribution in [0.5, 0.6) is 5.75 Å². The minimum Gasteiger partial charge on any atom is -0.491 e. The molecule has 2 amide bonds. The summed E-state index contributed by atoms with van der Waals surface area (Å²) < 4.78 is 5.50. The van der Waals surface area contributed by atoms with E-state index in [1.54, 1.807) is 12.1 Å². The van der Waals surface area contributed by atoms with E-state index in [2.05, 4.69) is 10.6 Å². The molecule has 0 spiro atoms. The molecular formula is C15H23N3O3. The summed E-state index contributed by atoms with van der Waals surface area (Å²) in [4.78, 5) is 22.2. The van der Waals surface area contributed by atoms with Crippen molar-refractivity contribution in [3.63, 3.8) is 0 Å². The molecule has 0 atom stereocenters. The molecule has 1 aromatic carbocycles. The van der Waals surface area contributed by atoms with Gasteiger partial charge >= 0.3 is 0 Å². The van der Waals surface area contributed by atoms with Crippen molar-refractivity contribution in [1.29, 1.82) is 0 Å². The minimum atomic E-state index is -0.0568. The van der Waals surface area contributed by atoms with Gasteiger partial charge in [-0.25, -0.2) is 0 Å². The molecule has 0 aliphatic carbocycles. The van der Waals surface area contributed by atoms with Crippen LogP contribution >= 0.6 is 0 Å². The van der Waals surface area contributed by atoms with E-state index >= 15 is 0 Å². The number of anilines is 1. The highest BCUT2D eigenvalue weighted by Gasteiger charge is 2.02. The van der Waals surface area contributed by atoms with Gasteiger partial charge in [0.05, 0.1) is 12.3 Å². The Morgan fingerprint density at radius 3 is 2.57 bits per heavy atom. The number of hydrogen-bond acceptors (Lipinski definition) is 4. The average Bonchev–Trinajstić information content (AvgIpc) is 2.44. The van der Waals surface area contributed by atoms with Crippen molar-refractivity contribution in [2.24, 2.45) is 0 Å². The molecule has 0 unspecified atom stereocenters. The van der Waals surface area contributed by atoms with Crippen LogP contribution in [0.15, 0.2) is 24.3 Å². The Morgan fingerprint density at radius 2 is 1.86 bits per heavy atom. The van der Waals surface area contributed by atoms with E-state index in [9.17, 15) is 9.59 Å². The minimum absolute atomic E-state index is 0.0116. The summed E-state index contributed by atoms with van der Waals surface area (Å²) in [5.74, 6) is 0.578. The quantitative estimate of drug-likeness (QED) is 0.469. The Bertz CT molecular complexity index is 463. The number of rotatable bonds is 9. The monoisotopic (exact) mass is 293 g/mol. The second-order valence-electron chi connectivity index (χ2n) is 4.68. The van der Waals surface area contributed by atoms with Crippen LogP contribution in [0.2, 0.25) is 0 Å². The van der Waals surface area contributed by atoms with Gasteiger partial charge in [-0.3, -0.25) is 9.59 Å². The lowest BCUT2D eigenvalue weighted by molar-refractivity contribution is -0.121. The number of nitrogen functional groups attached to an aromatic ring is 1. The van der Waals surface area contributed by atoms with E-state index in [0.29, 0.717) is 44.0 Å². The maximum Gasteiger partial charge on any atom is 0.220 e. The van der Waals surface area contributed by atoms with Crippen LogP contribution in [0.25, 0.3) is 0 Å². The first kappa shape index (κ1) is 16.8. The zero-order valence-electron chi connectivity index (χ0n) is 12.4. The third kappa shape index (κ3) is 7.81. The second kappa shape index (κ2) is 9.63. The molecule has 0 aromatic heterocycles. The summed E-state index contributed by atoms with van der Waals surface area (Å²) in [6.07, 6.45) is 1.76. The topological polar surface area (TPSA) is 93.5 Å². The van der Waals surface area contributed by atoms with Gasteiger partial charge in [0.2, 0.25) is 11.8 Å². The number of benzene rings is 1. The van der Waals surface area contributed by atoms with E-state index < -0.39 is 0 Å². The van der Waals surface area contributed by atoms with Gasteiger partial charge in [0.1, 0.15) is 5.75 Å². The summed E-state index contributed by atoms with van der Waals surface area (Å²) in [5, 5.41) is 5.47. The zero-order chi connectivity index (χ0) is 15.5. The van der Waals surface area contributed by atoms with Crippen molar-refractivity contribution in [2.75, 3.05) is 25.4 Å². The zero-order valence-corrected chi connectivity index (χ0v) is 12.4. The third-order valence-electron chi connectivity index (χ3n) is 2.77. The number of hydrogen-bond donors (Lipinski definition) is 3. The molecule has 1 aromatic rings. The first-order valence-corrected chi connectivity index (χ1v) is 7.08. The molecule has 4 N–H and O–H groups in total. The van der Waals surface area contributed by atoms with Crippen LogP contribution in [-0.4, -0.2) is 31.5 Å². The van der Waals surface area contributed by atoms with Crippen LogP contribution in [-0.2, 0) is 9.59 Å². The number of nitrogens with two attached hydrogens (primary N) is 1. The summed E-state index contributed by atoms with van der Waals surface area (Å²) in [6.45, 7) is 3.06. The fourth-order valence-corrected chi connectivity index (χ4v) is 1.70. The lowest BCUT2D eigenvalue weighted by Crippen LogP contribution is -2.28. The Balaban J connectivity index is 2.03. The van der Waals surface area contributed by atoms with Gasteiger partial charge in [-0.15, -0.1) is 0 Å². The van der Waals surface area contributed by atoms with Crippen LogP contribution in [0, 0.1) is 0 Å². The van der Waals surface area contributed by atoms with Gasteiger partial charge < -0.3 is 21.1 Å². The van der Waals surface area contributed by atoms with E-state index in [1.165, 1.54) is 6.92 Å². The number of carbonyl (C=O) groups is 2. The Kier molecular flexibility index (Phi) is 7.71. The second-order valence-corrected chi connectivity index (χ2v) is 4.68. The predicted octanol–water partition coefficient (Wildman–Crippen LogP) is 1.07. The van der Waals surface area contributed by atoms with Crippen molar-refractivity contribution in [3.05, 3.63) is 24.3 Å². The molecular weight excluding hydrogens is 270 g/mol. The van der Waals surface area contributed by atoms with E-state index in [1.807, 2.05) is 12.1 Å². The number of para-hydroxylation sites is 2. The Labute approximate surface area is 125 Å². The largest absolute Gasteiger partial charge is 0.491 e. The summed E-state index contributed by atoms with van der Waals surface area (Å²) in [7, 11) is 0. The average molecular weight is 293 g/mol. The molecule has 6 nitrogen and oxygen atoms in total. The molecule has 0 saturated carbocycles. The van der Waals surface area contributed by atoms with E-state index in [4.69, 9.17) is 10.5 Å². The lowest BCUT2D eigenvalue weighted by Gasteiger charge is -2.08. The van der Waals surface area contributed by atoms with Gasteiger partial charge in [0, 0.05) is 26.4 Å². The number of nitrogens with one attached hydrogen (secondary N) is 2. The Morgan fingerprint density at radius 1 is 1.14 bits per heavy atom. The van der Waals surface area contributed by atoms with Crippen molar-refractivity contribution in [1.82, 2.24) is 10.6 Å². The number of amides is 2.